The molecule has 0 unspecified atom stereocenters. The number of amides is 1. The van der Waals surface area contributed by atoms with Gasteiger partial charge in [0.05, 0.1) is 17.9 Å². The number of rotatable bonds is 6. The number of carboxylic acid groups (broad SMARTS) is 1. The highest BCUT2D eigenvalue weighted by Gasteiger charge is 2.14. The van der Waals surface area contributed by atoms with Crippen LogP contribution in [0.15, 0.2) is 54.4 Å². The van der Waals surface area contributed by atoms with Gasteiger partial charge in [0.25, 0.3) is 0 Å². The van der Waals surface area contributed by atoms with E-state index in [9.17, 15) is 9.59 Å². The van der Waals surface area contributed by atoms with Crippen LogP contribution in [-0.2, 0) is 4.79 Å². The molecule has 1 amide bonds. The second kappa shape index (κ2) is 10.1. The molecule has 6 heteroatoms. The average Bonchev–Trinajstić information content (AvgIpc) is 2.92. The zero-order valence-electron chi connectivity index (χ0n) is 14.2. The average molecular weight is 331 g/mol. The topological polar surface area (TPSA) is 86.9 Å². The Kier molecular flexibility index (Phi) is 8.11. The van der Waals surface area contributed by atoms with E-state index in [1.807, 2.05) is 7.05 Å². The van der Waals surface area contributed by atoms with Gasteiger partial charge in [-0.25, -0.2) is 4.79 Å². The van der Waals surface area contributed by atoms with E-state index in [1.54, 1.807) is 36.4 Å². The summed E-state index contributed by atoms with van der Waals surface area (Å²) in [6, 6.07) is 8.30. The summed E-state index contributed by atoms with van der Waals surface area (Å²) < 4.78 is 0. The summed E-state index contributed by atoms with van der Waals surface area (Å²) in [6.07, 6.45) is 7.60. The second-order valence-corrected chi connectivity index (χ2v) is 5.47. The van der Waals surface area contributed by atoms with E-state index in [2.05, 4.69) is 22.9 Å². The third kappa shape index (κ3) is 7.00. The fourth-order valence-electron chi connectivity index (χ4n) is 2.10. The van der Waals surface area contributed by atoms with E-state index in [1.165, 1.54) is 18.9 Å². The Bertz CT molecular complexity index is 597. The fourth-order valence-corrected chi connectivity index (χ4v) is 2.10. The summed E-state index contributed by atoms with van der Waals surface area (Å²) in [5, 5.41) is 8.38. The van der Waals surface area contributed by atoms with E-state index in [0.717, 1.165) is 18.9 Å². The largest absolute Gasteiger partial charge is 0.478 e. The van der Waals surface area contributed by atoms with Crippen LogP contribution in [0.25, 0.3) is 0 Å². The van der Waals surface area contributed by atoms with E-state index in [0.29, 0.717) is 5.56 Å². The van der Waals surface area contributed by atoms with Gasteiger partial charge in [-0.3, -0.25) is 4.79 Å². The molecule has 0 fully saturated rings. The molecular formula is C18H25N3O3. The van der Waals surface area contributed by atoms with Crippen molar-refractivity contribution in [2.45, 2.75) is 19.8 Å². The number of hydrogen-bond donors (Lipinski definition) is 2. The number of nitrogens with two attached hydrogens (primary N) is 1. The van der Waals surface area contributed by atoms with Crippen molar-refractivity contribution in [3.05, 3.63) is 59.9 Å². The normalized spacial score (nSPS) is 13.5. The number of carboxylic acids is 1. The summed E-state index contributed by atoms with van der Waals surface area (Å²) in [5.41, 5.74) is 6.41. The van der Waals surface area contributed by atoms with Gasteiger partial charge in [-0.15, -0.1) is 0 Å². The summed E-state index contributed by atoms with van der Waals surface area (Å²) in [7, 11) is 2.00. The Morgan fingerprint density at radius 1 is 1.29 bits per heavy atom. The minimum Gasteiger partial charge on any atom is -0.478 e. The maximum Gasteiger partial charge on any atom is 0.335 e. The molecular weight excluding hydrogens is 306 g/mol. The molecule has 130 valence electrons. The van der Waals surface area contributed by atoms with Crippen molar-refractivity contribution in [2.24, 2.45) is 5.73 Å². The second-order valence-electron chi connectivity index (χ2n) is 5.47. The number of unbranched alkanes of at least 4 members (excludes halogenated alkanes) is 1. The molecule has 0 aliphatic carbocycles. The highest BCUT2D eigenvalue weighted by Crippen LogP contribution is 2.15. The molecule has 0 spiro atoms. The van der Waals surface area contributed by atoms with Gasteiger partial charge in [-0.1, -0.05) is 31.5 Å². The van der Waals surface area contributed by atoms with Crippen molar-refractivity contribution in [1.82, 2.24) is 9.80 Å². The third-order valence-electron chi connectivity index (χ3n) is 3.39. The van der Waals surface area contributed by atoms with Gasteiger partial charge in [0.2, 0.25) is 5.91 Å². The maximum atomic E-state index is 10.6. The molecule has 0 saturated heterocycles. The quantitative estimate of drug-likeness (QED) is 0.781. The Morgan fingerprint density at radius 2 is 1.96 bits per heavy atom. The van der Waals surface area contributed by atoms with Gasteiger partial charge in [0, 0.05) is 25.9 Å². The van der Waals surface area contributed by atoms with Crippen molar-refractivity contribution in [2.75, 3.05) is 20.3 Å². The highest BCUT2D eigenvalue weighted by molar-refractivity contribution is 5.87. The van der Waals surface area contributed by atoms with Crippen LogP contribution >= 0.6 is 0 Å². The van der Waals surface area contributed by atoms with Crippen LogP contribution in [0.1, 0.15) is 30.1 Å². The lowest BCUT2D eigenvalue weighted by molar-refractivity contribution is -0.113. The van der Waals surface area contributed by atoms with Gasteiger partial charge < -0.3 is 20.6 Å². The standard InChI is InChI=1S/C11H19N3O.C7H6O2/c1-3-4-7-14-8-10(13(2)9-14)5-6-11(12)15;8-7(9)6-4-2-1-3-5-6/h5-6,8H,3-4,7,9H2,1-2H3,(H2,12,15);1-5H,(H,8,9). The molecule has 2 rings (SSSR count). The molecule has 1 aromatic carbocycles. The summed E-state index contributed by atoms with van der Waals surface area (Å²) in [4.78, 5) is 25.1. The van der Waals surface area contributed by atoms with E-state index in [-0.39, 0.29) is 0 Å². The molecule has 0 atom stereocenters. The SMILES string of the molecule is CCCCN1C=C(C=CC(N)=O)N(C)C1.O=C(O)c1ccccc1. The van der Waals surface area contributed by atoms with E-state index < -0.39 is 11.9 Å². The lowest BCUT2D eigenvalue weighted by atomic mass is 10.2. The number of nitrogens with zero attached hydrogens (tertiary/aromatic N) is 2. The first-order valence-electron chi connectivity index (χ1n) is 7.87. The number of primary amides is 1. The number of aromatic carboxylic acids is 1. The predicted molar refractivity (Wildman–Crippen MR) is 94.1 cm³/mol. The molecule has 1 heterocycles. The van der Waals surface area contributed by atoms with Gasteiger partial charge in [0.1, 0.15) is 0 Å². The first-order chi connectivity index (χ1) is 11.4. The summed E-state index contributed by atoms with van der Waals surface area (Å²) in [6.45, 7) is 4.13. The van der Waals surface area contributed by atoms with Crippen LogP contribution in [0, 0.1) is 0 Å². The Balaban J connectivity index is 0.000000272. The van der Waals surface area contributed by atoms with Crippen LogP contribution in [0.2, 0.25) is 0 Å². The van der Waals surface area contributed by atoms with E-state index in [4.69, 9.17) is 10.8 Å². The highest BCUT2D eigenvalue weighted by atomic mass is 16.4. The molecule has 0 radical (unpaired) electrons. The first-order valence-corrected chi connectivity index (χ1v) is 7.87. The molecule has 3 N–H and O–H groups in total. The number of carbonyl (C=O) groups excluding carboxylic acids is 1. The number of hydrogen-bond acceptors (Lipinski definition) is 4. The Labute approximate surface area is 142 Å². The summed E-state index contributed by atoms with van der Waals surface area (Å²) in [5.74, 6) is -1.29. The smallest absolute Gasteiger partial charge is 0.335 e. The number of likely N-dealkylation sites (N-methyl/N-ethyl adjacent to an activating group) is 1. The van der Waals surface area contributed by atoms with Crippen LogP contribution in [-0.4, -0.2) is 47.0 Å². The van der Waals surface area contributed by atoms with E-state index >= 15 is 0 Å². The minimum atomic E-state index is -0.879. The molecule has 1 aromatic rings. The minimum absolute atomic E-state index is 0.331. The van der Waals surface area contributed by atoms with Gasteiger partial charge >= 0.3 is 5.97 Å². The number of carbonyl (C=O) groups is 2. The van der Waals surface area contributed by atoms with Gasteiger partial charge in [-0.05, 0) is 24.6 Å². The fraction of sp³-hybridized carbons (Fsp3) is 0.333. The van der Waals surface area contributed by atoms with Gasteiger partial charge in [0.15, 0.2) is 0 Å². The first kappa shape index (κ1) is 19.3. The van der Waals surface area contributed by atoms with Gasteiger partial charge in [-0.2, -0.15) is 0 Å². The maximum absolute atomic E-state index is 10.6. The van der Waals surface area contributed by atoms with Crippen molar-refractivity contribution in [1.29, 1.82) is 0 Å². The van der Waals surface area contributed by atoms with Crippen molar-refractivity contribution < 1.29 is 14.7 Å². The zero-order chi connectivity index (χ0) is 17.9. The van der Waals surface area contributed by atoms with Crippen molar-refractivity contribution >= 4 is 11.9 Å². The third-order valence-corrected chi connectivity index (χ3v) is 3.39. The number of allylic oxidation sites excluding steroid dienone is 1. The molecule has 1 aliphatic rings. The lowest BCUT2D eigenvalue weighted by Gasteiger charge is -2.18. The monoisotopic (exact) mass is 331 g/mol. The van der Waals surface area contributed by atoms with Crippen LogP contribution in [0.3, 0.4) is 0 Å². The molecule has 0 bridgehead atoms. The predicted octanol–water partition coefficient (Wildman–Crippen LogP) is 2.26. The molecule has 24 heavy (non-hydrogen) atoms. The molecule has 6 nitrogen and oxygen atoms in total. The lowest BCUT2D eigenvalue weighted by Crippen LogP contribution is -2.24. The van der Waals surface area contributed by atoms with Crippen molar-refractivity contribution in [3.63, 3.8) is 0 Å². The Hall–Kier alpha value is -2.76. The van der Waals surface area contributed by atoms with Crippen molar-refractivity contribution in [3.8, 4) is 0 Å². The number of benzene rings is 1. The van der Waals surface area contributed by atoms with Crippen LogP contribution < -0.4 is 5.73 Å². The molecule has 0 aromatic heterocycles. The molecule has 1 aliphatic heterocycles. The van der Waals surface area contributed by atoms with Crippen LogP contribution in [0.5, 0.6) is 0 Å². The molecule has 0 saturated carbocycles. The summed E-state index contributed by atoms with van der Waals surface area (Å²) >= 11 is 0. The van der Waals surface area contributed by atoms with Crippen LogP contribution in [0.4, 0.5) is 0 Å². The Morgan fingerprint density at radius 3 is 2.46 bits per heavy atom. The zero-order valence-corrected chi connectivity index (χ0v) is 14.2.